The lowest BCUT2D eigenvalue weighted by Gasteiger charge is -2.39. The van der Waals surface area contributed by atoms with Gasteiger partial charge in [-0.3, -0.25) is 9.69 Å². The zero-order chi connectivity index (χ0) is 15.9. The molecule has 1 aliphatic heterocycles. The Bertz CT molecular complexity index is 761. The van der Waals surface area contributed by atoms with Crippen LogP contribution in [0.15, 0.2) is 35.1 Å². The fourth-order valence-electron chi connectivity index (χ4n) is 4.65. The molecule has 1 saturated carbocycles. The quantitative estimate of drug-likeness (QED) is 0.845. The Kier molecular flexibility index (Phi) is 3.76. The third kappa shape index (κ3) is 2.72. The van der Waals surface area contributed by atoms with E-state index in [0.29, 0.717) is 5.41 Å². The van der Waals surface area contributed by atoms with Gasteiger partial charge in [0, 0.05) is 19.2 Å². The van der Waals surface area contributed by atoms with Crippen molar-refractivity contribution < 1.29 is 0 Å². The van der Waals surface area contributed by atoms with Gasteiger partial charge in [0.2, 0.25) is 0 Å². The molecular weight excluding hydrogens is 284 g/mol. The summed E-state index contributed by atoms with van der Waals surface area (Å²) in [6, 6.07) is 10.2. The number of para-hydroxylation sites is 1. The van der Waals surface area contributed by atoms with Crippen LogP contribution in [0, 0.1) is 5.41 Å². The fraction of sp³-hybridized carbons (Fsp3) is 0.550. The molecule has 2 heterocycles. The normalized spacial score (nSPS) is 21.3. The molecule has 2 aromatic rings. The van der Waals surface area contributed by atoms with E-state index < -0.39 is 0 Å². The van der Waals surface area contributed by atoms with Gasteiger partial charge >= 0.3 is 0 Å². The van der Waals surface area contributed by atoms with Crippen molar-refractivity contribution in [2.24, 2.45) is 12.5 Å². The van der Waals surface area contributed by atoms with Crippen LogP contribution < -0.4 is 5.56 Å². The van der Waals surface area contributed by atoms with Gasteiger partial charge in [0.1, 0.15) is 0 Å². The van der Waals surface area contributed by atoms with Gasteiger partial charge in [0.05, 0.1) is 5.52 Å². The SMILES string of the molecule is Cn1c(=O)c(CN2CCC3(CCCC3)CC2)cc2ccccc21. The molecule has 0 bridgehead atoms. The molecule has 2 aliphatic rings. The van der Waals surface area contributed by atoms with Crippen molar-refractivity contribution in [3.63, 3.8) is 0 Å². The van der Waals surface area contributed by atoms with Gasteiger partial charge in [-0.15, -0.1) is 0 Å². The Morgan fingerprint density at radius 2 is 1.74 bits per heavy atom. The molecule has 0 amide bonds. The average Bonchev–Trinajstić information content (AvgIpc) is 3.03. The van der Waals surface area contributed by atoms with E-state index in [1.807, 2.05) is 25.2 Å². The molecule has 3 heteroatoms. The van der Waals surface area contributed by atoms with Crippen molar-refractivity contribution in [3.8, 4) is 0 Å². The topological polar surface area (TPSA) is 25.2 Å². The summed E-state index contributed by atoms with van der Waals surface area (Å²) in [6.07, 6.45) is 8.34. The summed E-state index contributed by atoms with van der Waals surface area (Å²) >= 11 is 0. The number of aryl methyl sites for hydroxylation is 1. The number of benzene rings is 1. The minimum absolute atomic E-state index is 0.157. The highest BCUT2D eigenvalue weighted by Crippen LogP contribution is 2.46. The van der Waals surface area contributed by atoms with Crippen LogP contribution in [0.1, 0.15) is 44.1 Å². The summed E-state index contributed by atoms with van der Waals surface area (Å²) in [7, 11) is 1.89. The van der Waals surface area contributed by atoms with Crippen molar-refractivity contribution in [2.75, 3.05) is 13.1 Å². The van der Waals surface area contributed by atoms with Gasteiger partial charge in [0.15, 0.2) is 0 Å². The van der Waals surface area contributed by atoms with Crippen LogP contribution in [-0.4, -0.2) is 22.6 Å². The molecule has 2 fully saturated rings. The van der Waals surface area contributed by atoms with Crippen LogP contribution in [0.3, 0.4) is 0 Å². The standard InChI is InChI=1S/C20H26N2O/c1-21-18-7-3-2-6-16(18)14-17(19(21)23)15-22-12-10-20(11-13-22)8-4-5-9-20/h2-3,6-7,14H,4-5,8-13,15H2,1H3. The van der Waals surface area contributed by atoms with Gasteiger partial charge < -0.3 is 4.57 Å². The van der Waals surface area contributed by atoms with Crippen molar-refractivity contribution in [1.29, 1.82) is 0 Å². The van der Waals surface area contributed by atoms with E-state index >= 15 is 0 Å². The molecule has 1 saturated heterocycles. The lowest BCUT2D eigenvalue weighted by atomic mass is 9.77. The number of rotatable bonds is 2. The molecule has 0 radical (unpaired) electrons. The smallest absolute Gasteiger partial charge is 0.255 e. The molecule has 3 nitrogen and oxygen atoms in total. The molecule has 1 spiro atoms. The maximum atomic E-state index is 12.6. The Morgan fingerprint density at radius 3 is 2.48 bits per heavy atom. The first-order chi connectivity index (χ1) is 11.2. The number of fused-ring (bicyclic) bond motifs is 1. The monoisotopic (exact) mass is 310 g/mol. The number of nitrogens with zero attached hydrogens (tertiary/aromatic N) is 2. The van der Waals surface area contributed by atoms with Gasteiger partial charge in [0.25, 0.3) is 5.56 Å². The number of aromatic nitrogens is 1. The van der Waals surface area contributed by atoms with E-state index in [0.717, 1.165) is 36.1 Å². The first kappa shape index (κ1) is 14.9. The van der Waals surface area contributed by atoms with Crippen LogP contribution in [0.25, 0.3) is 10.9 Å². The molecule has 4 rings (SSSR count). The van der Waals surface area contributed by atoms with Crippen molar-refractivity contribution in [3.05, 3.63) is 46.2 Å². The summed E-state index contributed by atoms with van der Waals surface area (Å²) in [5.41, 5.74) is 2.76. The van der Waals surface area contributed by atoms with Gasteiger partial charge in [-0.1, -0.05) is 31.0 Å². The molecule has 0 atom stereocenters. The summed E-state index contributed by atoms with van der Waals surface area (Å²) in [4.78, 5) is 15.1. The number of hydrogen-bond acceptors (Lipinski definition) is 2. The Hall–Kier alpha value is -1.61. The second kappa shape index (κ2) is 5.79. The molecule has 0 N–H and O–H groups in total. The minimum Gasteiger partial charge on any atom is -0.311 e. The summed E-state index contributed by atoms with van der Waals surface area (Å²) in [5.74, 6) is 0. The maximum absolute atomic E-state index is 12.6. The van der Waals surface area contributed by atoms with Crippen LogP contribution in [0.5, 0.6) is 0 Å². The predicted octanol–water partition coefficient (Wildman–Crippen LogP) is 3.69. The number of pyridine rings is 1. The summed E-state index contributed by atoms with van der Waals surface area (Å²) < 4.78 is 1.80. The Balaban J connectivity index is 1.54. The van der Waals surface area contributed by atoms with Gasteiger partial charge in [-0.05, 0) is 61.7 Å². The van der Waals surface area contributed by atoms with E-state index in [-0.39, 0.29) is 5.56 Å². The molecule has 1 aromatic carbocycles. The number of piperidine rings is 1. The lowest BCUT2D eigenvalue weighted by molar-refractivity contribution is 0.103. The first-order valence-electron chi connectivity index (χ1n) is 8.97. The van der Waals surface area contributed by atoms with E-state index in [9.17, 15) is 4.79 Å². The second-order valence-electron chi connectivity index (χ2n) is 7.58. The maximum Gasteiger partial charge on any atom is 0.255 e. The van der Waals surface area contributed by atoms with E-state index in [1.165, 1.54) is 38.5 Å². The van der Waals surface area contributed by atoms with Crippen LogP contribution in [0.4, 0.5) is 0 Å². The van der Waals surface area contributed by atoms with E-state index in [2.05, 4.69) is 17.0 Å². The van der Waals surface area contributed by atoms with Crippen LogP contribution in [-0.2, 0) is 13.6 Å². The second-order valence-corrected chi connectivity index (χ2v) is 7.58. The fourth-order valence-corrected chi connectivity index (χ4v) is 4.65. The lowest BCUT2D eigenvalue weighted by Crippen LogP contribution is -2.39. The number of likely N-dealkylation sites (tertiary alicyclic amines) is 1. The van der Waals surface area contributed by atoms with E-state index in [4.69, 9.17) is 0 Å². The average molecular weight is 310 g/mol. The number of hydrogen-bond donors (Lipinski definition) is 0. The minimum atomic E-state index is 0.157. The van der Waals surface area contributed by atoms with Crippen molar-refractivity contribution in [2.45, 2.75) is 45.1 Å². The summed E-state index contributed by atoms with van der Waals surface area (Å²) in [5, 5.41) is 1.16. The van der Waals surface area contributed by atoms with Gasteiger partial charge in [-0.2, -0.15) is 0 Å². The highest BCUT2D eigenvalue weighted by molar-refractivity contribution is 5.79. The predicted molar refractivity (Wildman–Crippen MR) is 94.6 cm³/mol. The Morgan fingerprint density at radius 1 is 1.04 bits per heavy atom. The summed E-state index contributed by atoms with van der Waals surface area (Å²) in [6.45, 7) is 3.10. The van der Waals surface area contributed by atoms with Crippen molar-refractivity contribution >= 4 is 10.9 Å². The van der Waals surface area contributed by atoms with Crippen LogP contribution in [0.2, 0.25) is 0 Å². The van der Waals surface area contributed by atoms with Crippen molar-refractivity contribution in [1.82, 2.24) is 9.47 Å². The van der Waals surface area contributed by atoms with Gasteiger partial charge in [-0.25, -0.2) is 0 Å². The Labute approximate surface area is 137 Å². The van der Waals surface area contributed by atoms with E-state index in [1.54, 1.807) is 4.57 Å². The largest absolute Gasteiger partial charge is 0.311 e. The molecule has 1 aliphatic carbocycles. The van der Waals surface area contributed by atoms with Crippen LogP contribution >= 0.6 is 0 Å². The first-order valence-corrected chi connectivity index (χ1v) is 8.97. The zero-order valence-electron chi connectivity index (χ0n) is 14.1. The molecular formula is C20H26N2O. The molecule has 0 unspecified atom stereocenters. The third-order valence-electron chi connectivity index (χ3n) is 6.18. The molecule has 23 heavy (non-hydrogen) atoms. The zero-order valence-corrected chi connectivity index (χ0v) is 14.1. The molecule has 1 aromatic heterocycles. The highest BCUT2D eigenvalue weighted by atomic mass is 16.1. The highest BCUT2D eigenvalue weighted by Gasteiger charge is 2.36. The molecule has 122 valence electrons. The third-order valence-corrected chi connectivity index (χ3v) is 6.18.